The Morgan fingerprint density at radius 2 is 1.84 bits per heavy atom. The molecule has 0 saturated heterocycles. The lowest BCUT2D eigenvalue weighted by atomic mass is 10.1. The number of nitrogens with zero attached hydrogens (tertiary/aromatic N) is 2. The van der Waals surface area contributed by atoms with Gasteiger partial charge in [-0.2, -0.15) is 13.4 Å². The number of nitrogens with one attached hydrogen (secondary N) is 2. The topological polar surface area (TPSA) is 188 Å². The lowest BCUT2D eigenvalue weighted by Gasteiger charge is -2.13. The molecule has 0 bridgehead atoms. The molecule has 13 nitrogen and oxygen atoms in total. The molecular formula is C17H25N5O8S. The Labute approximate surface area is 179 Å². The number of rotatable bonds is 12. The monoisotopic (exact) mass is 459 g/mol. The van der Waals surface area contributed by atoms with Crippen LogP contribution in [0.4, 0.5) is 4.79 Å². The number of aromatic nitrogens is 2. The zero-order valence-corrected chi connectivity index (χ0v) is 18.1. The summed E-state index contributed by atoms with van der Waals surface area (Å²) in [7, 11) is 0.654. The van der Waals surface area contributed by atoms with Crippen molar-refractivity contribution >= 4 is 16.3 Å². The zero-order chi connectivity index (χ0) is 23.0. The first kappa shape index (κ1) is 24.2. The van der Waals surface area contributed by atoms with Crippen molar-refractivity contribution in [3.8, 4) is 28.6 Å². The number of ether oxygens (including phenoxy) is 3. The minimum atomic E-state index is -3.77. The summed E-state index contributed by atoms with van der Waals surface area (Å²) in [6.07, 6.45) is -0.0624. The van der Waals surface area contributed by atoms with Gasteiger partial charge >= 0.3 is 6.09 Å². The predicted molar refractivity (Wildman–Crippen MR) is 108 cm³/mol. The molecular weight excluding hydrogens is 434 g/mol. The fourth-order valence-corrected chi connectivity index (χ4v) is 3.23. The number of benzene rings is 1. The molecule has 1 atom stereocenters. The Bertz CT molecular complexity index is 969. The van der Waals surface area contributed by atoms with Crippen LogP contribution in [-0.4, -0.2) is 57.6 Å². The highest BCUT2D eigenvalue weighted by Crippen LogP contribution is 2.40. The normalized spacial score (nSPS) is 12.3. The van der Waals surface area contributed by atoms with Crippen LogP contribution in [0.5, 0.6) is 17.2 Å². The first-order chi connectivity index (χ1) is 14.7. The van der Waals surface area contributed by atoms with E-state index >= 15 is 0 Å². The molecule has 1 aromatic carbocycles. The van der Waals surface area contributed by atoms with Crippen molar-refractivity contribution < 1.29 is 37.1 Å². The second kappa shape index (κ2) is 10.8. The maximum Gasteiger partial charge on any atom is 0.405 e. The number of unbranched alkanes of at least 4 members (excludes halogenated alkanes) is 1. The minimum Gasteiger partial charge on any atom is -0.493 e. The van der Waals surface area contributed by atoms with Gasteiger partial charge in [0.15, 0.2) is 11.5 Å². The second-order valence-corrected chi connectivity index (χ2v) is 7.69. The molecule has 0 saturated carbocycles. The number of amides is 1. The summed E-state index contributed by atoms with van der Waals surface area (Å²) < 4.78 is 45.1. The summed E-state index contributed by atoms with van der Waals surface area (Å²) in [4.78, 5) is 15.5. The van der Waals surface area contributed by atoms with Gasteiger partial charge in [-0.15, -0.1) is 0 Å². The van der Waals surface area contributed by atoms with E-state index in [1.807, 2.05) is 0 Å². The Balaban J connectivity index is 2.19. The van der Waals surface area contributed by atoms with E-state index in [0.717, 1.165) is 0 Å². The van der Waals surface area contributed by atoms with Crippen LogP contribution < -0.4 is 29.4 Å². The molecule has 0 radical (unpaired) electrons. The van der Waals surface area contributed by atoms with E-state index in [1.54, 1.807) is 12.1 Å². The Morgan fingerprint density at radius 3 is 2.35 bits per heavy atom. The predicted octanol–water partition coefficient (Wildman–Crippen LogP) is 1.03. The van der Waals surface area contributed by atoms with E-state index in [4.69, 9.17) is 29.0 Å². The van der Waals surface area contributed by atoms with Crippen LogP contribution in [0.15, 0.2) is 16.7 Å². The van der Waals surface area contributed by atoms with E-state index < -0.39 is 22.3 Å². The number of carboxylic acid groups (broad SMARTS) is 1. The largest absolute Gasteiger partial charge is 0.493 e. The fourth-order valence-electron chi connectivity index (χ4n) is 2.80. The first-order valence-electron chi connectivity index (χ1n) is 9.09. The van der Waals surface area contributed by atoms with Gasteiger partial charge in [0.1, 0.15) is 6.04 Å². The van der Waals surface area contributed by atoms with Crippen LogP contribution in [0, 0.1) is 0 Å². The lowest BCUT2D eigenvalue weighted by Crippen LogP contribution is -2.31. The molecule has 0 aliphatic heterocycles. The molecule has 0 fully saturated rings. The van der Waals surface area contributed by atoms with E-state index in [-0.39, 0.29) is 18.3 Å². The lowest BCUT2D eigenvalue weighted by molar-refractivity contribution is 0.184. The van der Waals surface area contributed by atoms with Crippen LogP contribution in [0.1, 0.15) is 31.2 Å². The summed E-state index contributed by atoms with van der Waals surface area (Å²) >= 11 is 0. The third kappa shape index (κ3) is 6.97. The summed E-state index contributed by atoms with van der Waals surface area (Å²) in [5, 5.41) is 20.2. The van der Waals surface area contributed by atoms with Crippen LogP contribution in [0.25, 0.3) is 11.4 Å². The van der Waals surface area contributed by atoms with Crippen molar-refractivity contribution in [2.24, 2.45) is 5.14 Å². The van der Waals surface area contributed by atoms with Crippen LogP contribution in [0.2, 0.25) is 0 Å². The van der Waals surface area contributed by atoms with Crippen molar-refractivity contribution in [2.75, 3.05) is 27.9 Å². The molecule has 0 spiro atoms. The molecule has 14 heteroatoms. The van der Waals surface area contributed by atoms with Crippen LogP contribution in [0.3, 0.4) is 0 Å². The quantitative estimate of drug-likeness (QED) is 0.334. The molecule has 2 aromatic rings. The van der Waals surface area contributed by atoms with Gasteiger partial charge in [0.2, 0.25) is 17.5 Å². The molecule has 1 heterocycles. The van der Waals surface area contributed by atoms with Gasteiger partial charge in [0.05, 0.1) is 21.3 Å². The average Bonchev–Trinajstić information content (AvgIpc) is 3.20. The fraction of sp³-hybridized carbons (Fsp3) is 0.471. The van der Waals surface area contributed by atoms with Crippen molar-refractivity contribution in [1.82, 2.24) is 20.2 Å². The number of nitrogens with two attached hydrogens (primary N) is 1. The van der Waals surface area contributed by atoms with Gasteiger partial charge in [-0.3, -0.25) is 0 Å². The Kier molecular flexibility index (Phi) is 8.41. The molecule has 172 valence electrons. The van der Waals surface area contributed by atoms with Crippen LogP contribution >= 0.6 is 0 Å². The number of methoxy groups -OCH3 is 3. The molecule has 1 aromatic heterocycles. The molecule has 1 amide bonds. The Hall–Kier alpha value is -3.10. The Morgan fingerprint density at radius 1 is 1.19 bits per heavy atom. The van der Waals surface area contributed by atoms with Gasteiger partial charge in [-0.05, 0) is 31.4 Å². The van der Waals surface area contributed by atoms with Gasteiger partial charge in [0.25, 0.3) is 10.2 Å². The van der Waals surface area contributed by atoms with E-state index in [2.05, 4.69) is 20.2 Å². The summed E-state index contributed by atoms with van der Waals surface area (Å²) in [6, 6.07) is 2.48. The molecule has 2 rings (SSSR count). The number of carbonyl (C=O) groups is 1. The van der Waals surface area contributed by atoms with Crippen molar-refractivity contribution in [2.45, 2.75) is 25.3 Å². The highest BCUT2D eigenvalue weighted by Gasteiger charge is 2.23. The molecule has 5 N–H and O–H groups in total. The first-order valence-corrected chi connectivity index (χ1v) is 10.6. The molecule has 31 heavy (non-hydrogen) atoms. The van der Waals surface area contributed by atoms with Crippen molar-refractivity contribution in [3.63, 3.8) is 0 Å². The van der Waals surface area contributed by atoms with Gasteiger partial charge in [0, 0.05) is 12.1 Å². The van der Waals surface area contributed by atoms with E-state index in [9.17, 15) is 13.2 Å². The van der Waals surface area contributed by atoms with Crippen molar-refractivity contribution in [3.05, 3.63) is 18.0 Å². The summed E-state index contributed by atoms with van der Waals surface area (Å²) in [5.41, 5.74) is 0.510. The average molecular weight is 459 g/mol. The maximum atomic E-state index is 11.2. The third-order valence-corrected chi connectivity index (χ3v) is 4.79. The molecule has 0 aliphatic rings. The van der Waals surface area contributed by atoms with E-state index in [1.165, 1.54) is 21.3 Å². The SMILES string of the molecule is COc1cc(-c2noc(C(CCCCNS(N)(=O)=O)NC(=O)O)n2)cc(OC)c1OC. The van der Waals surface area contributed by atoms with Gasteiger partial charge in [-0.1, -0.05) is 5.16 Å². The second-order valence-electron chi connectivity index (χ2n) is 6.31. The van der Waals surface area contributed by atoms with Crippen molar-refractivity contribution in [1.29, 1.82) is 0 Å². The number of hydrogen-bond donors (Lipinski definition) is 4. The van der Waals surface area contributed by atoms with Crippen LogP contribution in [-0.2, 0) is 10.2 Å². The minimum absolute atomic E-state index is 0.0607. The standard InChI is InChI=1S/C17H25N5O8S/c1-27-12-8-10(9-13(28-2)14(12)29-3)15-21-16(30-22-15)11(20-17(23)24)6-4-5-7-19-31(18,25)26/h8-9,11,19-20H,4-7H2,1-3H3,(H,23,24)(H2,18,25,26). The third-order valence-electron chi connectivity index (χ3n) is 4.18. The smallest absolute Gasteiger partial charge is 0.405 e. The van der Waals surface area contributed by atoms with Gasteiger partial charge < -0.3 is 29.2 Å². The van der Waals surface area contributed by atoms with E-state index in [0.29, 0.717) is 42.1 Å². The summed E-state index contributed by atoms with van der Waals surface area (Å²) in [5.74, 6) is 1.44. The highest BCUT2D eigenvalue weighted by atomic mass is 32.2. The zero-order valence-electron chi connectivity index (χ0n) is 17.2. The molecule has 1 unspecified atom stereocenters. The van der Waals surface area contributed by atoms with Gasteiger partial charge in [-0.25, -0.2) is 14.7 Å². The molecule has 0 aliphatic carbocycles. The summed E-state index contributed by atoms with van der Waals surface area (Å²) in [6.45, 7) is 0.124. The highest BCUT2D eigenvalue weighted by molar-refractivity contribution is 7.87. The number of hydrogen-bond acceptors (Lipinski definition) is 9. The maximum absolute atomic E-state index is 11.2.